The van der Waals surface area contributed by atoms with Crippen molar-refractivity contribution in [2.45, 2.75) is 30.9 Å². The zero-order chi connectivity index (χ0) is 13.4. The van der Waals surface area contributed by atoms with Crippen molar-refractivity contribution < 1.29 is 21.9 Å². The second-order valence-electron chi connectivity index (χ2n) is 5.36. The molecule has 0 aromatic heterocycles. The molecule has 0 aromatic carbocycles. The van der Waals surface area contributed by atoms with Crippen molar-refractivity contribution >= 4 is 19.9 Å². The maximum Gasteiger partial charge on any atom is 0.215 e. The summed E-state index contributed by atoms with van der Waals surface area (Å²) in [4.78, 5) is 0. The summed E-state index contributed by atoms with van der Waals surface area (Å²) in [6, 6.07) is 0. The molecule has 2 aliphatic rings. The van der Waals surface area contributed by atoms with Gasteiger partial charge in [0.05, 0.1) is 16.8 Å². The molecule has 0 radical (unpaired) electrons. The van der Waals surface area contributed by atoms with Gasteiger partial charge in [-0.1, -0.05) is 0 Å². The lowest BCUT2D eigenvalue weighted by molar-refractivity contribution is 0.249. The largest absolute Gasteiger partial charge is 0.396 e. The molecule has 0 amide bonds. The Kier molecular flexibility index (Phi) is 3.74. The highest BCUT2D eigenvalue weighted by atomic mass is 32.2. The first-order valence-corrected chi connectivity index (χ1v) is 9.45. The monoisotopic (exact) mass is 297 g/mol. The number of nitrogens with one attached hydrogen (secondary N) is 1. The van der Waals surface area contributed by atoms with E-state index in [1.54, 1.807) is 0 Å². The van der Waals surface area contributed by atoms with Gasteiger partial charge in [0.1, 0.15) is 0 Å². The zero-order valence-corrected chi connectivity index (χ0v) is 11.8. The van der Waals surface area contributed by atoms with Gasteiger partial charge in [0.2, 0.25) is 10.0 Å². The minimum absolute atomic E-state index is 0.0413. The number of aliphatic hydroxyl groups excluding tert-OH is 1. The van der Waals surface area contributed by atoms with Crippen LogP contribution in [-0.4, -0.2) is 51.8 Å². The molecule has 0 spiro atoms. The molecule has 1 unspecified atom stereocenters. The van der Waals surface area contributed by atoms with E-state index in [2.05, 4.69) is 4.72 Å². The van der Waals surface area contributed by atoms with E-state index in [4.69, 9.17) is 5.11 Å². The van der Waals surface area contributed by atoms with Crippen LogP contribution in [0.1, 0.15) is 25.7 Å². The highest BCUT2D eigenvalue weighted by Crippen LogP contribution is 2.48. The van der Waals surface area contributed by atoms with E-state index in [-0.39, 0.29) is 29.9 Å². The maximum atomic E-state index is 12.0. The molecule has 0 aromatic rings. The normalized spacial score (nSPS) is 29.3. The maximum absolute atomic E-state index is 12.0. The van der Waals surface area contributed by atoms with E-state index in [1.807, 2.05) is 0 Å². The van der Waals surface area contributed by atoms with Crippen LogP contribution in [0.4, 0.5) is 0 Å². The van der Waals surface area contributed by atoms with Crippen molar-refractivity contribution in [3.05, 3.63) is 0 Å². The van der Waals surface area contributed by atoms with Gasteiger partial charge in [-0.3, -0.25) is 0 Å². The van der Waals surface area contributed by atoms with Crippen molar-refractivity contribution in [1.29, 1.82) is 0 Å². The lowest BCUT2D eigenvalue weighted by Gasteiger charge is -2.17. The van der Waals surface area contributed by atoms with Gasteiger partial charge in [0.25, 0.3) is 0 Å². The van der Waals surface area contributed by atoms with Crippen LogP contribution in [0.5, 0.6) is 0 Å². The molecule has 1 atom stereocenters. The van der Waals surface area contributed by atoms with Gasteiger partial charge in [-0.2, -0.15) is 0 Å². The highest BCUT2D eigenvalue weighted by molar-refractivity contribution is 7.95. The predicted molar refractivity (Wildman–Crippen MR) is 67.4 cm³/mol. The molecule has 0 bridgehead atoms. The Labute approximate surface area is 108 Å². The van der Waals surface area contributed by atoms with Crippen molar-refractivity contribution in [3.63, 3.8) is 0 Å². The Hall–Kier alpha value is -0.180. The van der Waals surface area contributed by atoms with E-state index >= 15 is 0 Å². The zero-order valence-electron chi connectivity index (χ0n) is 10.1. The number of aliphatic hydroxyl groups is 1. The molecule has 1 heterocycles. The molecule has 2 fully saturated rings. The molecule has 1 saturated carbocycles. The summed E-state index contributed by atoms with van der Waals surface area (Å²) >= 11 is 0. The summed E-state index contributed by atoms with van der Waals surface area (Å²) < 4.78 is 49.0. The fourth-order valence-corrected chi connectivity index (χ4v) is 6.51. The summed E-state index contributed by atoms with van der Waals surface area (Å²) in [7, 11) is -6.74. The SMILES string of the molecule is O=S1(=O)CCC(S(=O)(=O)NCC2(CCO)CC2)C1. The first kappa shape index (κ1) is 14.2. The number of sulfonamides is 1. The number of hydrogen-bond acceptors (Lipinski definition) is 5. The van der Waals surface area contributed by atoms with Crippen LogP contribution >= 0.6 is 0 Å². The summed E-state index contributed by atoms with van der Waals surface area (Å²) in [6.45, 7) is 0.367. The predicted octanol–water partition coefficient (Wildman–Crippen LogP) is -0.744. The standard InChI is InChI=1S/C10H19NO5S2/c12-5-4-10(2-3-10)8-11-18(15,16)9-1-6-17(13,14)7-9/h9,11-12H,1-8H2. The smallest absolute Gasteiger partial charge is 0.215 e. The van der Waals surface area contributed by atoms with E-state index in [9.17, 15) is 16.8 Å². The number of hydrogen-bond donors (Lipinski definition) is 2. The third-order valence-electron chi connectivity index (χ3n) is 3.88. The van der Waals surface area contributed by atoms with Crippen LogP contribution in [0.25, 0.3) is 0 Å². The molecular formula is C10H19NO5S2. The first-order valence-electron chi connectivity index (χ1n) is 6.08. The molecule has 18 heavy (non-hydrogen) atoms. The summed E-state index contributed by atoms with van der Waals surface area (Å²) in [5.41, 5.74) is -0.0979. The summed E-state index contributed by atoms with van der Waals surface area (Å²) in [6.07, 6.45) is 2.61. The fraction of sp³-hybridized carbons (Fsp3) is 1.00. The first-order chi connectivity index (χ1) is 8.29. The van der Waals surface area contributed by atoms with Crippen LogP contribution in [-0.2, 0) is 19.9 Å². The Morgan fingerprint density at radius 1 is 1.33 bits per heavy atom. The van der Waals surface area contributed by atoms with E-state index in [0.29, 0.717) is 13.0 Å². The quantitative estimate of drug-likeness (QED) is 0.672. The summed E-state index contributed by atoms with van der Waals surface area (Å²) in [5.74, 6) is -0.310. The van der Waals surface area contributed by atoms with E-state index in [1.165, 1.54) is 0 Å². The van der Waals surface area contributed by atoms with Crippen LogP contribution in [0, 0.1) is 5.41 Å². The molecule has 1 aliphatic carbocycles. The molecule has 8 heteroatoms. The van der Waals surface area contributed by atoms with Crippen LogP contribution in [0.3, 0.4) is 0 Å². The third-order valence-corrected chi connectivity index (χ3v) is 7.68. The van der Waals surface area contributed by atoms with Crippen molar-refractivity contribution in [2.24, 2.45) is 5.41 Å². The van der Waals surface area contributed by atoms with E-state index in [0.717, 1.165) is 12.8 Å². The number of sulfone groups is 1. The molecule has 1 aliphatic heterocycles. The molecule has 6 nitrogen and oxygen atoms in total. The van der Waals surface area contributed by atoms with Crippen molar-refractivity contribution in [1.82, 2.24) is 4.72 Å². The Bertz CT molecular complexity index is 506. The minimum Gasteiger partial charge on any atom is -0.396 e. The lowest BCUT2D eigenvalue weighted by atomic mass is 10.0. The van der Waals surface area contributed by atoms with Gasteiger partial charge in [-0.15, -0.1) is 0 Å². The van der Waals surface area contributed by atoms with Gasteiger partial charge in [-0.25, -0.2) is 21.6 Å². The Balaban J connectivity index is 1.93. The second kappa shape index (κ2) is 4.73. The van der Waals surface area contributed by atoms with Gasteiger partial charge in [0, 0.05) is 13.2 Å². The van der Waals surface area contributed by atoms with Gasteiger partial charge in [-0.05, 0) is 31.1 Å². The molecule has 2 N–H and O–H groups in total. The topological polar surface area (TPSA) is 101 Å². The van der Waals surface area contributed by atoms with Gasteiger partial charge < -0.3 is 5.11 Å². The van der Waals surface area contributed by atoms with Crippen LogP contribution in [0.2, 0.25) is 0 Å². The molecular weight excluding hydrogens is 278 g/mol. The highest BCUT2D eigenvalue weighted by Gasteiger charge is 2.44. The van der Waals surface area contributed by atoms with Crippen molar-refractivity contribution in [2.75, 3.05) is 24.7 Å². The average molecular weight is 297 g/mol. The number of rotatable bonds is 6. The average Bonchev–Trinajstić information content (AvgIpc) is 2.93. The Morgan fingerprint density at radius 3 is 2.44 bits per heavy atom. The van der Waals surface area contributed by atoms with Crippen LogP contribution < -0.4 is 4.72 Å². The van der Waals surface area contributed by atoms with Crippen molar-refractivity contribution in [3.8, 4) is 0 Å². The van der Waals surface area contributed by atoms with Gasteiger partial charge in [0.15, 0.2) is 9.84 Å². The second-order valence-corrected chi connectivity index (χ2v) is 9.64. The third kappa shape index (κ3) is 3.23. The van der Waals surface area contributed by atoms with E-state index < -0.39 is 25.1 Å². The molecule has 1 saturated heterocycles. The lowest BCUT2D eigenvalue weighted by Crippen LogP contribution is -2.38. The summed E-state index contributed by atoms with van der Waals surface area (Å²) in [5, 5.41) is 8.08. The molecule has 2 rings (SSSR count). The van der Waals surface area contributed by atoms with Gasteiger partial charge >= 0.3 is 0 Å². The minimum atomic E-state index is -3.55. The Morgan fingerprint density at radius 2 is 2.00 bits per heavy atom. The fourth-order valence-electron chi connectivity index (χ4n) is 2.31. The van der Waals surface area contributed by atoms with Crippen LogP contribution in [0.15, 0.2) is 0 Å². The molecule has 106 valence electrons.